The summed E-state index contributed by atoms with van der Waals surface area (Å²) in [5.41, 5.74) is 7.28. The highest BCUT2D eigenvalue weighted by molar-refractivity contribution is 5.40. The molecule has 0 saturated carbocycles. The molecule has 0 unspecified atom stereocenters. The Bertz CT molecular complexity index is 572. The second-order valence-electron chi connectivity index (χ2n) is 4.45. The van der Waals surface area contributed by atoms with Gasteiger partial charge in [0.2, 0.25) is 0 Å². The summed E-state index contributed by atoms with van der Waals surface area (Å²) in [6.07, 6.45) is 0.574. The van der Waals surface area contributed by atoms with Crippen LogP contribution in [0.3, 0.4) is 0 Å². The second-order valence-corrected chi connectivity index (χ2v) is 4.45. The Morgan fingerprint density at radius 3 is 2.70 bits per heavy atom. The molecule has 2 N–H and O–H groups in total. The zero-order valence-electron chi connectivity index (χ0n) is 11.4. The van der Waals surface area contributed by atoms with Crippen LogP contribution in [0.1, 0.15) is 11.1 Å². The first kappa shape index (κ1) is 14.5. The molecule has 0 aliphatic carbocycles. The van der Waals surface area contributed by atoms with Gasteiger partial charge in [-0.1, -0.05) is 24.3 Å². The summed E-state index contributed by atoms with van der Waals surface area (Å²) in [6.45, 7) is 0.938. The lowest BCUT2D eigenvalue weighted by atomic mass is 10.1. The lowest BCUT2D eigenvalue weighted by molar-refractivity contribution is 0.184. The van der Waals surface area contributed by atoms with Crippen LogP contribution in [0.2, 0.25) is 0 Å². The fraction of sp³-hybridized carbons (Fsp3) is 0.250. The molecule has 0 heterocycles. The van der Waals surface area contributed by atoms with Gasteiger partial charge in [0.15, 0.2) is 11.6 Å². The van der Waals surface area contributed by atoms with E-state index in [-0.39, 0.29) is 11.6 Å². The van der Waals surface area contributed by atoms with E-state index in [2.05, 4.69) is 0 Å². The van der Waals surface area contributed by atoms with Crippen molar-refractivity contribution in [2.24, 2.45) is 5.73 Å². The maximum absolute atomic E-state index is 13.9. The minimum Gasteiger partial charge on any atom is -0.454 e. The van der Waals surface area contributed by atoms with Crippen molar-refractivity contribution >= 4 is 0 Å². The smallest absolute Gasteiger partial charge is 0.166 e. The maximum atomic E-state index is 13.9. The molecular formula is C16H18FNO2. The van der Waals surface area contributed by atoms with Crippen molar-refractivity contribution < 1.29 is 13.9 Å². The van der Waals surface area contributed by atoms with E-state index >= 15 is 0 Å². The van der Waals surface area contributed by atoms with Crippen molar-refractivity contribution in [1.29, 1.82) is 0 Å². The number of hydrogen-bond acceptors (Lipinski definition) is 3. The molecule has 0 aliphatic rings. The average molecular weight is 275 g/mol. The fourth-order valence-electron chi connectivity index (χ4n) is 2.00. The third-order valence-electron chi connectivity index (χ3n) is 2.89. The van der Waals surface area contributed by atoms with Gasteiger partial charge in [-0.2, -0.15) is 0 Å². The number of ether oxygens (including phenoxy) is 2. The van der Waals surface area contributed by atoms with Crippen LogP contribution in [0.5, 0.6) is 11.5 Å². The lowest BCUT2D eigenvalue weighted by Crippen LogP contribution is -2.05. The molecule has 0 aromatic heterocycles. The summed E-state index contributed by atoms with van der Waals surface area (Å²) in [7, 11) is 1.63. The Morgan fingerprint density at radius 1 is 1.15 bits per heavy atom. The number of halogens is 1. The van der Waals surface area contributed by atoms with Crippen LogP contribution in [0.15, 0.2) is 42.5 Å². The predicted molar refractivity (Wildman–Crippen MR) is 76.4 cm³/mol. The standard InChI is InChI=1S/C16H18FNO2/c1-19-11-12-4-2-6-14(10-12)20-16-13(8-9-18)5-3-7-15(16)17/h2-7,10H,8-9,11,18H2,1H3. The molecule has 0 aliphatic heterocycles. The van der Waals surface area contributed by atoms with Crippen LogP contribution in [0.4, 0.5) is 4.39 Å². The van der Waals surface area contributed by atoms with E-state index in [0.717, 1.165) is 11.1 Å². The second kappa shape index (κ2) is 7.03. The number of nitrogens with two attached hydrogens (primary N) is 1. The highest BCUT2D eigenvalue weighted by Gasteiger charge is 2.10. The van der Waals surface area contributed by atoms with E-state index in [1.165, 1.54) is 6.07 Å². The topological polar surface area (TPSA) is 44.5 Å². The van der Waals surface area contributed by atoms with Crippen LogP contribution in [-0.2, 0) is 17.8 Å². The molecule has 4 heteroatoms. The number of para-hydroxylation sites is 1. The molecule has 2 aromatic carbocycles. The van der Waals surface area contributed by atoms with Gasteiger partial charge in [0.1, 0.15) is 5.75 Å². The van der Waals surface area contributed by atoms with Gasteiger partial charge in [-0.15, -0.1) is 0 Å². The summed E-state index contributed by atoms with van der Waals surface area (Å²) in [5, 5.41) is 0. The van der Waals surface area contributed by atoms with Gasteiger partial charge < -0.3 is 15.2 Å². The Morgan fingerprint density at radius 2 is 1.95 bits per heavy atom. The Balaban J connectivity index is 2.27. The van der Waals surface area contributed by atoms with Crippen molar-refractivity contribution in [3.8, 4) is 11.5 Å². The third-order valence-corrected chi connectivity index (χ3v) is 2.89. The summed E-state index contributed by atoms with van der Waals surface area (Å²) >= 11 is 0. The molecule has 0 radical (unpaired) electrons. The Kier molecular flexibility index (Phi) is 5.09. The van der Waals surface area contributed by atoms with Crippen LogP contribution < -0.4 is 10.5 Å². The van der Waals surface area contributed by atoms with E-state index in [9.17, 15) is 4.39 Å². The largest absolute Gasteiger partial charge is 0.454 e. The molecule has 2 rings (SSSR count). The van der Waals surface area contributed by atoms with E-state index in [1.54, 1.807) is 19.2 Å². The molecule has 20 heavy (non-hydrogen) atoms. The minimum absolute atomic E-state index is 0.243. The van der Waals surface area contributed by atoms with Gasteiger partial charge in [0.05, 0.1) is 6.61 Å². The van der Waals surface area contributed by atoms with Crippen molar-refractivity contribution in [3.05, 3.63) is 59.4 Å². The SMILES string of the molecule is COCc1cccc(Oc2c(F)cccc2CCN)c1. The van der Waals surface area contributed by atoms with E-state index in [1.807, 2.05) is 24.3 Å². The van der Waals surface area contributed by atoms with E-state index in [4.69, 9.17) is 15.2 Å². The van der Waals surface area contributed by atoms with Gasteiger partial charge in [0.25, 0.3) is 0 Å². The molecule has 0 amide bonds. The third kappa shape index (κ3) is 3.56. The van der Waals surface area contributed by atoms with Crippen LogP contribution in [0, 0.1) is 5.82 Å². The van der Waals surface area contributed by atoms with Gasteiger partial charge >= 0.3 is 0 Å². The van der Waals surface area contributed by atoms with Crippen LogP contribution in [0.25, 0.3) is 0 Å². The summed E-state index contributed by atoms with van der Waals surface area (Å²) in [4.78, 5) is 0. The lowest BCUT2D eigenvalue weighted by Gasteiger charge is -2.12. The highest BCUT2D eigenvalue weighted by atomic mass is 19.1. The zero-order valence-corrected chi connectivity index (χ0v) is 11.4. The van der Waals surface area contributed by atoms with Crippen molar-refractivity contribution in [2.75, 3.05) is 13.7 Å². The molecule has 106 valence electrons. The van der Waals surface area contributed by atoms with Crippen molar-refractivity contribution in [3.63, 3.8) is 0 Å². The first-order valence-electron chi connectivity index (χ1n) is 6.47. The quantitative estimate of drug-likeness (QED) is 0.880. The fourth-order valence-corrected chi connectivity index (χ4v) is 2.00. The zero-order chi connectivity index (χ0) is 14.4. The molecular weight excluding hydrogens is 257 g/mol. The number of methoxy groups -OCH3 is 1. The first-order chi connectivity index (χ1) is 9.74. The Hall–Kier alpha value is -1.91. The van der Waals surface area contributed by atoms with Crippen LogP contribution >= 0.6 is 0 Å². The van der Waals surface area contributed by atoms with E-state index < -0.39 is 0 Å². The first-order valence-corrected chi connectivity index (χ1v) is 6.47. The van der Waals surface area contributed by atoms with E-state index in [0.29, 0.717) is 25.3 Å². The molecule has 0 saturated heterocycles. The van der Waals surface area contributed by atoms with Gasteiger partial charge in [-0.25, -0.2) is 4.39 Å². The number of hydrogen-bond donors (Lipinski definition) is 1. The highest BCUT2D eigenvalue weighted by Crippen LogP contribution is 2.29. The molecule has 0 fully saturated rings. The number of rotatable bonds is 6. The maximum Gasteiger partial charge on any atom is 0.166 e. The summed E-state index contributed by atoms with van der Waals surface area (Å²) in [5.74, 6) is 0.448. The molecule has 0 atom stereocenters. The van der Waals surface area contributed by atoms with Gasteiger partial charge in [-0.05, 0) is 42.3 Å². The summed E-state index contributed by atoms with van der Waals surface area (Å²) in [6, 6.07) is 12.3. The van der Waals surface area contributed by atoms with Crippen molar-refractivity contribution in [2.45, 2.75) is 13.0 Å². The number of benzene rings is 2. The summed E-state index contributed by atoms with van der Waals surface area (Å²) < 4.78 is 24.7. The molecule has 0 bridgehead atoms. The van der Waals surface area contributed by atoms with Crippen molar-refractivity contribution in [1.82, 2.24) is 0 Å². The van der Waals surface area contributed by atoms with Crippen LogP contribution in [-0.4, -0.2) is 13.7 Å². The van der Waals surface area contributed by atoms with Gasteiger partial charge in [0, 0.05) is 7.11 Å². The molecule has 0 spiro atoms. The van der Waals surface area contributed by atoms with Gasteiger partial charge in [-0.3, -0.25) is 0 Å². The monoisotopic (exact) mass is 275 g/mol. The Labute approximate surface area is 118 Å². The normalized spacial score (nSPS) is 10.6. The minimum atomic E-state index is -0.381. The average Bonchev–Trinajstić information content (AvgIpc) is 2.44. The molecule has 3 nitrogen and oxygen atoms in total. The predicted octanol–water partition coefficient (Wildman–Crippen LogP) is 3.27. The molecule has 2 aromatic rings.